The maximum absolute atomic E-state index is 5.80. The molecular formula is C27H34NO4+. The number of unbranched alkanes of at least 4 members (excludes halogenated alkanes) is 3. The predicted octanol–water partition coefficient (Wildman–Crippen LogP) is 5.51. The highest BCUT2D eigenvalue weighted by atomic mass is 16.5. The number of methoxy groups -OCH3 is 4. The molecule has 0 fully saturated rings. The SMILES string of the molecule is CCCCCCc1c2[n+](cc3c(OC)c(OC)ccc13)CCc1cc(OC)c(OC)cc1-2. The Hall–Kier alpha value is -2.95. The molecule has 5 nitrogen and oxygen atoms in total. The second-order valence-corrected chi connectivity index (χ2v) is 8.34. The molecule has 0 spiro atoms. The minimum atomic E-state index is 0.764. The summed E-state index contributed by atoms with van der Waals surface area (Å²) < 4.78 is 25.0. The van der Waals surface area contributed by atoms with Crippen molar-refractivity contribution in [2.45, 2.75) is 52.0 Å². The van der Waals surface area contributed by atoms with Gasteiger partial charge < -0.3 is 18.9 Å². The van der Waals surface area contributed by atoms with Crippen LogP contribution in [0.3, 0.4) is 0 Å². The average Bonchev–Trinajstić information content (AvgIpc) is 2.83. The van der Waals surface area contributed by atoms with E-state index in [0.717, 1.165) is 54.2 Å². The summed E-state index contributed by atoms with van der Waals surface area (Å²) in [5, 5.41) is 2.33. The van der Waals surface area contributed by atoms with Crippen molar-refractivity contribution < 1.29 is 23.5 Å². The Morgan fingerprint density at radius 2 is 1.56 bits per heavy atom. The van der Waals surface area contributed by atoms with Crippen LogP contribution < -0.4 is 23.5 Å². The van der Waals surface area contributed by atoms with Gasteiger partial charge in [0.15, 0.2) is 35.7 Å². The summed E-state index contributed by atoms with van der Waals surface area (Å²) in [6.07, 6.45) is 9.08. The van der Waals surface area contributed by atoms with E-state index in [1.807, 2.05) is 6.07 Å². The Morgan fingerprint density at radius 3 is 2.25 bits per heavy atom. The minimum Gasteiger partial charge on any atom is -0.493 e. The van der Waals surface area contributed by atoms with Crippen LogP contribution in [0.2, 0.25) is 0 Å². The van der Waals surface area contributed by atoms with Crippen LogP contribution in [-0.4, -0.2) is 28.4 Å². The number of pyridine rings is 1. The van der Waals surface area contributed by atoms with Gasteiger partial charge in [-0.2, -0.15) is 4.57 Å². The van der Waals surface area contributed by atoms with Crippen molar-refractivity contribution in [1.82, 2.24) is 0 Å². The van der Waals surface area contributed by atoms with Crippen molar-refractivity contribution in [3.05, 3.63) is 41.6 Å². The molecule has 170 valence electrons. The van der Waals surface area contributed by atoms with Crippen molar-refractivity contribution in [1.29, 1.82) is 0 Å². The van der Waals surface area contributed by atoms with E-state index in [9.17, 15) is 0 Å². The molecular weight excluding hydrogens is 402 g/mol. The fourth-order valence-electron chi connectivity index (χ4n) is 4.93. The van der Waals surface area contributed by atoms with Crippen LogP contribution in [0.15, 0.2) is 30.5 Å². The predicted molar refractivity (Wildman–Crippen MR) is 127 cm³/mol. The number of hydrogen-bond acceptors (Lipinski definition) is 4. The van der Waals surface area contributed by atoms with Crippen LogP contribution in [-0.2, 0) is 19.4 Å². The number of aryl methyl sites for hydroxylation is 3. The molecule has 0 saturated heterocycles. The van der Waals surface area contributed by atoms with Crippen LogP contribution in [0.5, 0.6) is 23.0 Å². The fraction of sp³-hybridized carbons (Fsp3) is 0.444. The van der Waals surface area contributed by atoms with Crippen molar-refractivity contribution in [3.63, 3.8) is 0 Å². The lowest BCUT2D eigenvalue weighted by atomic mass is 9.89. The van der Waals surface area contributed by atoms with Crippen LogP contribution in [0.4, 0.5) is 0 Å². The molecule has 32 heavy (non-hydrogen) atoms. The topological polar surface area (TPSA) is 40.8 Å². The zero-order valence-corrected chi connectivity index (χ0v) is 19.9. The molecule has 0 amide bonds. The van der Waals surface area contributed by atoms with E-state index < -0.39 is 0 Å². The highest BCUT2D eigenvalue weighted by Gasteiger charge is 2.31. The molecule has 1 aliphatic rings. The standard InChI is InChI=1S/C27H34NO4/c1-6-7-8-9-10-20-19-11-12-23(29-2)27(32-5)22(19)17-28-14-13-18-15-24(30-3)25(31-4)16-21(18)26(20)28/h11-12,15-17H,6-10,13-14H2,1-5H3/q+1. The lowest BCUT2D eigenvalue weighted by molar-refractivity contribution is -0.686. The lowest BCUT2D eigenvalue weighted by Crippen LogP contribution is -2.41. The number of nitrogens with zero attached hydrogens (tertiary/aromatic N) is 1. The maximum Gasteiger partial charge on any atom is 0.216 e. The van der Waals surface area contributed by atoms with Gasteiger partial charge in [-0.1, -0.05) is 26.2 Å². The third kappa shape index (κ3) is 3.85. The summed E-state index contributed by atoms with van der Waals surface area (Å²) in [6, 6.07) is 8.48. The summed E-state index contributed by atoms with van der Waals surface area (Å²) >= 11 is 0. The van der Waals surface area contributed by atoms with Crippen molar-refractivity contribution in [3.8, 4) is 34.3 Å². The first-order valence-corrected chi connectivity index (χ1v) is 11.5. The van der Waals surface area contributed by atoms with Crippen LogP contribution in [0.25, 0.3) is 22.0 Å². The number of fused-ring (bicyclic) bond motifs is 4. The second kappa shape index (κ2) is 9.68. The van der Waals surface area contributed by atoms with Gasteiger partial charge in [-0.15, -0.1) is 0 Å². The van der Waals surface area contributed by atoms with E-state index in [2.05, 4.69) is 35.9 Å². The molecule has 2 heterocycles. The quantitative estimate of drug-likeness (QED) is 0.328. The molecule has 0 unspecified atom stereocenters. The van der Waals surface area contributed by atoms with Crippen molar-refractivity contribution >= 4 is 10.8 Å². The lowest BCUT2D eigenvalue weighted by Gasteiger charge is -2.22. The molecule has 4 rings (SSSR count). The Morgan fingerprint density at radius 1 is 0.812 bits per heavy atom. The Bertz CT molecular complexity index is 1120. The number of rotatable bonds is 9. The van der Waals surface area contributed by atoms with Gasteiger partial charge in [0.1, 0.15) is 0 Å². The summed E-state index contributed by atoms with van der Waals surface area (Å²) in [5.41, 5.74) is 5.18. The van der Waals surface area contributed by atoms with Crippen LogP contribution in [0.1, 0.15) is 43.7 Å². The highest BCUT2D eigenvalue weighted by molar-refractivity contribution is 5.95. The van der Waals surface area contributed by atoms with E-state index in [-0.39, 0.29) is 0 Å². The Labute approximate surface area is 190 Å². The molecule has 5 heteroatoms. The molecule has 1 aromatic heterocycles. The van der Waals surface area contributed by atoms with Gasteiger partial charge in [0.05, 0.1) is 39.4 Å². The normalized spacial score (nSPS) is 12.3. The van der Waals surface area contributed by atoms with Gasteiger partial charge in [0.2, 0.25) is 5.69 Å². The molecule has 0 bridgehead atoms. The number of ether oxygens (including phenoxy) is 4. The molecule has 0 saturated carbocycles. The van der Waals surface area contributed by atoms with Crippen molar-refractivity contribution in [2.24, 2.45) is 0 Å². The zero-order valence-electron chi connectivity index (χ0n) is 19.9. The molecule has 3 aromatic rings. The monoisotopic (exact) mass is 436 g/mol. The first-order valence-electron chi connectivity index (χ1n) is 11.5. The molecule has 0 aliphatic carbocycles. The molecule has 0 atom stereocenters. The molecule has 0 radical (unpaired) electrons. The summed E-state index contributed by atoms with van der Waals surface area (Å²) in [5.74, 6) is 3.12. The van der Waals surface area contributed by atoms with Crippen LogP contribution >= 0.6 is 0 Å². The summed E-state index contributed by atoms with van der Waals surface area (Å²) in [6.45, 7) is 3.17. The van der Waals surface area contributed by atoms with Gasteiger partial charge >= 0.3 is 0 Å². The third-order valence-electron chi connectivity index (χ3n) is 6.53. The number of hydrogen-bond donors (Lipinski definition) is 0. The first kappa shape index (κ1) is 22.3. The van der Waals surface area contributed by atoms with E-state index in [4.69, 9.17) is 18.9 Å². The molecule has 2 aromatic carbocycles. The summed E-state index contributed by atoms with van der Waals surface area (Å²) in [4.78, 5) is 0. The molecule has 1 aliphatic heterocycles. The summed E-state index contributed by atoms with van der Waals surface area (Å²) in [7, 11) is 6.80. The van der Waals surface area contributed by atoms with Crippen molar-refractivity contribution in [2.75, 3.05) is 28.4 Å². The third-order valence-corrected chi connectivity index (χ3v) is 6.53. The van der Waals surface area contributed by atoms with Crippen LogP contribution in [0, 0.1) is 0 Å². The Kier molecular flexibility index (Phi) is 6.73. The fourth-order valence-corrected chi connectivity index (χ4v) is 4.93. The van der Waals surface area contributed by atoms with Gasteiger partial charge in [0.25, 0.3) is 0 Å². The average molecular weight is 437 g/mol. The van der Waals surface area contributed by atoms with E-state index >= 15 is 0 Å². The minimum absolute atomic E-state index is 0.764. The zero-order chi connectivity index (χ0) is 22.7. The highest BCUT2D eigenvalue weighted by Crippen LogP contribution is 2.42. The van der Waals surface area contributed by atoms with E-state index in [0.29, 0.717) is 0 Å². The van der Waals surface area contributed by atoms with E-state index in [1.54, 1.807) is 28.4 Å². The first-order chi connectivity index (χ1) is 15.7. The second-order valence-electron chi connectivity index (χ2n) is 8.34. The van der Waals surface area contributed by atoms with E-state index in [1.165, 1.54) is 47.0 Å². The Balaban J connectivity index is 1.97. The maximum atomic E-state index is 5.80. The van der Waals surface area contributed by atoms with Gasteiger partial charge in [-0.3, -0.25) is 0 Å². The molecule has 0 N–H and O–H groups in total. The largest absolute Gasteiger partial charge is 0.493 e. The van der Waals surface area contributed by atoms with Gasteiger partial charge in [0, 0.05) is 17.4 Å². The van der Waals surface area contributed by atoms with Gasteiger partial charge in [-0.25, -0.2) is 0 Å². The number of benzene rings is 2. The smallest absolute Gasteiger partial charge is 0.216 e. The number of aromatic nitrogens is 1. The van der Waals surface area contributed by atoms with Gasteiger partial charge in [-0.05, 0) is 42.7 Å².